The van der Waals surface area contributed by atoms with E-state index in [1.54, 1.807) is 12.3 Å². The number of fused-ring (bicyclic) bond motifs is 2. The van der Waals surface area contributed by atoms with Crippen molar-refractivity contribution in [2.24, 2.45) is 0 Å². The van der Waals surface area contributed by atoms with E-state index in [0.29, 0.717) is 25.1 Å². The number of pyridine rings is 1. The summed E-state index contributed by atoms with van der Waals surface area (Å²) in [5.74, 6) is -0.649. The van der Waals surface area contributed by atoms with Crippen LogP contribution in [0.5, 0.6) is 6.01 Å². The highest BCUT2D eigenvalue weighted by Crippen LogP contribution is 2.40. The fourth-order valence-electron chi connectivity index (χ4n) is 3.63. The minimum atomic E-state index is -0.816. The van der Waals surface area contributed by atoms with Gasteiger partial charge >= 0.3 is 6.01 Å². The van der Waals surface area contributed by atoms with Gasteiger partial charge in [-0.05, 0) is 25.5 Å². The fourth-order valence-corrected chi connectivity index (χ4v) is 3.63. The van der Waals surface area contributed by atoms with Crippen molar-refractivity contribution < 1.29 is 13.5 Å². The summed E-state index contributed by atoms with van der Waals surface area (Å²) in [6.45, 7) is 1.65. The topological polar surface area (TPSA) is 51.1 Å². The number of alkyl halides is 1. The lowest BCUT2D eigenvalue weighted by Crippen LogP contribution is -2.43. The number of aromatic nitrogens is 3. The van der Waals surface area contributed by atoms with Crippen LogP contribution in [0.2, 0.25) is 0 Å². The van der Waals surface area contributed by atoms with Gasteiger partial charge in [0.25, 0.3) is 0 Å². The first-order chi connectivity index (χ1) is 10.7. The number of halogens is 2. The highest BCUT2D eigenvalue weighted by molar-refractivity contribution is 5.77. The molecular formula is C15H16F2N4O. The monoisotopic (exact) mass is 306 g/mol. The second-order valence-corrected chi connectivity index (χ2v) is 6.05. The molecule has 2 fully saturated rings. The van der Waals surface area contributed by atoms with E-state index < -0.39 is 12.1 Å². The lowest BCUT2D eigenvalue weighted by atomic mass is 9.95. The summed E-state index contributed by atoms with van der Waals surface area (Å²) < 4.78 is 33.3. The molecule has 0 saturated carbocycles. The van der Waals surface area contributed by atoms with Crippen LogP contribution in [-0.4, -0.2) is 51.3 Å². The van der Waals surface area contributed by atoms with E-state index in [1.165, 1.54) is 6.20 Å². The molecule has 2 aliphatic rings. The smallest absolute Gasteiger partial charge is 0.319 e. The third kappa shape index (κ3) is 2.20. The van der Waals surface area contributed by atoms with Gasteiger partial charge in [-0.25, -0.2) is 4.39 Å². The summed E-state index contributed by atoms with van der Waals surface area (Å²) in [6.07, 6.45) is 4.51. The second-order valence-electron chi connectivity index (χ2n) is 6.05. The molecule has 0 N–H and O–H groups in total. The molecule has 4 rings (SSSR count). The predicted molar refractivity (Wildman–Crippen MR) is 75.8 cm³/mol. The Balaban J connectivity index is 1.57. The molecular weight excluding hydrogens is 290 g/mol. The first-order valence-electron chi connectivity index (χ1n) is 7.45. The van der Waals surface area contributed by atoms with Crippen LogP contribution in [-0.2, 0) is 0 Å². The summed E-state index contributed by atoms with van der Waals surface area (Å²) in [4.78, 5) is 13.9. The average molecular weight is 306 g/mol. The largest absolute Gasteiger partial charge is 0.461 e. The van der Waals surface area contributed by atoms with Gasteiger partial charge in [0.2, 0.25) is 5.95 Å². The average Bonchev–Trinajstić information content (AvgIpc) is 3.01. The zero-order valence-electron chi connectivity index (χ0n) is 12.0. The Kier molecular flexibility index (Phi) is 3.18. The molecule has 2 aromatic rings. The Morgan fingerprint density at radius 1 is 1.41 bits per heavy atom. The Morgan fingerprint density at radius 2 is 2.32 bits per heavy atom. The van der Waals surface area contributed by atoms with Crippen LogP contribution in [0, 0.1) is 5.95 Å². The van der Waals surface area contributed by atoms with Gasteiger partial charge in [-0.1, -0.05) is 0 Å². The first-order valence-corrected chi connectivity index (χ1v) is 7.45. The van der Waals surface area contributed by atoms with E-state index in [4.69, 9.17) is 4.74 Å². The van der Waals surface area contributed by atoms with E-state index in [2.05, 4.69) is 19.9 Å². The molecule has 0 bridgehead atoms. The third-order valence-corrected chi connectivity index (χ3v) is 4.66. The van der Waals surface area contributed by atoms with E-state index in [1.807, 2.05) is 0 Å². The lowest BCUT2D eigenvalue weighted by Gasteiger charge is -2.30. The molecule has 2 atom stereocenters. The van der Waals surface area contributed by atoms with Crippen molar-refractivity contribution in [1.82, 2.24) is 19.9 Å². The van der Waals surface area contributed by atoms with Crippen LogP contribution in [0.3, 0.4) is 0 Å². The van der Waals surface area contributed by atoms with Crippen LogP contribution < -0.4 is 4.74 Å². The SMILES string of the molecule is Fc1nc(OCC23CCCN2CC(F)C3)nc2ccncc12. The Hall–Kier alpha value is -1.89. The molecule has 22 heavy (non-hydrogen) atoms. The molecule has 0 aliphatic carbocycles. The molecule has 7 heteroatoms. The van der Waals surface area contributed by atoms with Crippen LogP contribution in [0.15, 0.2) is 18.5 Å². The number of hydrogen-bond acceptors (Lipinski definition) is 5. The van der Waals surface area contributed by atoms with Gasteiger partial charge < -0.3 is 4.74 Å². The molecule has 2 aromatic heterocycles. The predicted octanol–water partition coefficient (Wildman–Crippen LogP) is 2.12. The van der Waals surface area contributed by atoms with Crippen molar-refractivity contribution in [3.8, 4) is 6.01 Å². The Morgan fingerprint density at radius 3 is 3.23 bits per heavy atom. The zero-order valence-corrected chi connectivity index (χ0v) is 12.0. The highest BCUT2D eigenvalue weighted by atomic mass is 19.1. The maximum absolute atomic E-state index is 13.9. The van der Waals surface area contributed by atoms with Crippen molar-refractivity contribution in [1.29, 1.82) is 0 Å². The van der Waals surface area contributed by atoms with Gasteiger partial charge in [0, 0.05) is 25.4 Å². The van der Waals surface area contributed by atoms with Gasteiger partial charge in [-0.3, -0.25) is 9.88 Å². The molecule has 4 heterocycles. The van der Waals surface area contributed by atoms with Gasteiger partial charge in [-0.2, -0.15) is 14.4 Å². The maximum Gasteiger partial charge on any atom is 0.319 e. The van der Waals surface area contributed by atoms with Crippen molar-refractivity contribution in [3.63, 3.8) is 0 Å². The normalized spacial score (nSPS) is 28.2. The second kappa shape index (κ2) is 5.08. The van der Waals surface area contributed by atoms with Crippen LogP contribution in [0.4, 0.5) is 8.78 Å². The Bertz CT molecular complexity index is 713. The molecule has 116 valence electrons. The number of ether oxygens (including phenoxy) is 1. The van der Waals surface area contributed by atoms with Gasteiger partial charge in [-0.15, -0.1) is 0 Å². The molecule has 2 unspecified atom stereocenters. The molecule has 0 radical (unpaired) electrons. The third-order valence-electron chi connectivity index (χ3n) is 4.66. The highest BCUT2D eigenvalue weighted by Gasteiger charge is 2.49. The van der Waals surface area contributed by atoms with Gasteiger partial charge in [0.1, 0.15) is 12.8 Å². The summed E-state index contributed by atoms with van der Waals surface area (Å²) in [7, 11) is 0. The van der Waals surface area contributed by atoms with E-state index in [-0.39, 0.29) is 16.9 Å². The van der Waals surface area contributed by atoms with E-state index >= 15 is 0 Å². The Labute approximate surface area is 126 Å². The van der Waals surface area contributed by atoms with Crippen molar-refractivity contribution in [3.05, 3.63) is 24.4 Å². The molecule has 0 spiro atoms. The lowest BCUT2D eigenvalue weighted by molar-refractivity contribution is 0.107. The number of hydrogen-bond donors (Lipinski definition) is 0. The summed E-state index contributed by atoms with van der Waals surface area (Å²) >= 11 is 0. The van der Waals surface area contributed by atoms with Crippen molar-refractivity contribution in [2.75, 3.05) is 19.7 Å². The molecule has 0 aromatic carbocycles. The van der Waals surface area contributed by atoms with Gasteiger partial charge in [0.05, 0.1) is 16.4 Å². The number of nitrogens with zero attached hydrogens (tertiary/aromatic N) is 4. The summed E-state index contributed by atoms with van der Waals surface area (Å²) in [6, 6.07) is 1.61. The van der Waals surface area contributed by atoms with Crippen LogP contribution in [0.25, 0.3) is 10.9 Å². The minimum Gasteiger partial charge on any atom is -0.461 e. The maximum atomic E-state index is 13.9. The first kappa shape index (κ1) is 13.8. The van der Waals surface area contributed by atoms with Crippen LogP contribution >= 0.6 is 0 Å². The van der Waals surface area contributed by atoms with Crippen molar-refractivity contribution >= 4 is 10.9 Å². The van der Waals surface area contributed by atoms with Crippen LogP contribution in [0.1, 0.15) is 19.3 Å². The quantitative estimate of drug-likeness (QED) is 0.813. The van der Waals surface area contributed by atoms with E-state index in [9.17, 15) is 8.78 Å². The fraction of sp³-hybridized carbons (Fsp3) is 0.533. The number of rotatable bonds is 3. The summed E-state index contributed by atoms with van der Waals surface area (Å²) in [5, 5.41) is 0.264. The standard InChI is InChI=1S/C15H16F2N4O/c16-10-6-15(3-1-5-21(15)8-10)9-22-14-19-12-2-4-18-7-11(12)13(17)20-14/h2,4,7,10H,1,3,5-6,8-9H2. The molecule has 2 aliphatic heterocycles. The van der Waals surface area contributed by atoms with E-state index in [0.717, 1.165) is 19.4 Å². The zero-order chi connectivity index (χ0) is 15.2. The van der Waals surface area contributed by atoms with Crippen molar-refractivity contribution in [2.45, 2.75) is 31.0 Å². The van der Waals surface area contributed by atoms with Gasteiger partial charge in [0.15, 0.2) is 0 Å². The summed E-state index contributed by atoms with van der Waals surface area (Å²) in [5.41, 5.74) is 0.167. The molecule has 5 nitrogen and oxygen atoms in total. The molecule has 2 saturated heterocycles. The minimum absolute atomic E-state index is 0.000247. The molecule has 0 amide bonds.